The molecule has 0 spiro atoms. The molecule has 5 nitrogen and oxygen atoms in total. The van der Waals surface area contributed by atoms with E-state index >= 15 is 0 Å². The van der Waals surface area contributed by atoms with Crippen molar-refractivity contribution in [1.29, 1.82) is 0 Å². The molecule has 1 aromatic heterocycles. The molecule has 33 heavy (non-hydrogen) atoms. The minimum Gasteiger partial charge on any atom is -0.492 e. The van der Waals surface area contributed by atoms with Gasteiger partial charge in [-0.2, -0.15) is 0 Å². The molecule has 4 rings (SSSR count). The van der Waals surface area contributed by atoms with Gasteiger partial charge < -0.3 is 10.1 Å². The normalized spacial score (nSPS) is 18.4. The zero-order valence-corrected chi connectivity index (χ0v) is 19.9. The quantitative estimate of drug-likeness (QED) is 0.407. The molecule has 0 aliphatic carbocycles. The molecule has 1 N–H and O–H groups in total. The number of anilines is 1. The predicted octanol–water partition coefficient (Wildman–Crippen LogP) is 5.51. The monoisotopic (exact) mass is 483 g/mol. The van der Waals surface area contributed by atoms with Crippen LogP contribution in [0.2, 0.25) is 10.0 Å². The van der Waals surface area contributed by atoms with E-state index < -0.39 is 0 Å². The summed E-state index contributed by atoms with van der Waals surface area (Å²) in [6.45, 7) is 2.64. The molecule has 3 aromatic rings. The van der Waals surface area contributed by atoms with Crippen molar-refractivity contribution >= 4 is 34.9 Å². The summed E-state index contributed by atoms with van der Waals surface area (Å²) in [5.74, 6) is 1.63. The fourth-order valence-electron chi connectivity index (χ4n) is 4.29. The summed E-state index contributed by atoms with van der Waals surface area (Å²) >= 11 is 12.6. The SMILES string of the molecule is O=C1CC[C@@](CCNCCOc2ccccc2)(c2ccc(Cl)c(Cl)c2)CN1c1ccccn1. The Hall–Kier alpha value is -2.60. The van der Waals surface area contributed by atoms with Crippen LogP contribution < -0.4 is 15.0 Å². The fraction of sp³-hybridized carbons (Fsp3) is 0.308. The van der Waals surface area contributed by atoms with Crippen LogP contribution in [0.5, 0.6) is 5.75 Å². The average molecular weight is 484 g/mol. The number of halogens is 2. The van der Waals surface area contributed by atoms with E-state index in [4.69, 9.17) is 27.9 Å². The summed E-state index contributed by atoms with van der Waals surface area (Å²) in [6, 6.07) is 21.2. The number of nitrogens with one attached hydrogen (secondary N) is 1. The van der Waals surface area contributed by atoms with Crippen LogP contribution in [0.3, 0.4) is 0 Å². The minimum atomic E-state index is -0.257. The third-order valence-corrected chi connectivity index (χ3v) is 6.85. The molecule has 1 fully saturated rings. The second-order valence-corrected chi connectivity index (χ2v) is 9.05. The van der Waals surface area contributed by atoms with Crippen molar-refractivity contribution in [3.63, 3.8) is 0 Å². The van der Waals surface area contributed by atoms with Crippen LogP contribution in [-0.4, -0.2) is 37.1 Å². The molecule has 7 heteroatoms. The third-order valence-electron chi connectivity index (χ3n) is 6.11. The summed E-state index contributed by atoms with van der Waals surface area (Å²) in [4.78, 5) is 19.0. The van der Waals surface area contributed by atoms with Gasteiger partial charge in [0.25, 0.3) is 0 Å². The Morgan fingerprint density at radius 2 is 1.82 bits per heavy atom. The van der Waals surface area contributed by atoms with Gasteiger partial charge in [0.05, 0.1) is 10.0 Å². The largest absolute Gasteiger partial charge is 0.492 e. The van der Waals surface area contributed by atoms with Gasteiger partial charge in [-0.25, -0.2) is 4.98 Å². The van der Waals surface area contributed by atoms with Crippen molar-refractivity contribution in [1.82, 2.24) is 10.3 Å². The number of amides is 1. The van der Waals surface area contributed by atoms with Crippen LogP contribution in [0.25, 0.3) is 0 Å². The van der Waals surface area contributed by atoms with Gasteiger partial charge in [-0.15, -0.1) is 0 Å². The Bertz CT molecular complexity index is 1070. The van der Waals surface area contributed by atoms with Crippen molar-refractivity contribution in [2.75, 3.05) is 31.1 Å². The van der Waals surface area contributed by atoms with E-state index in [-0.39, 0.29) is 11.3 Å². The second-order valence-electron chi connectivity index (χ2n) is 8.24. The molecule has 2 heterocycles. The molecule has 0 bridgehead atoms. The Balaban J connectivity index is 1.46. The molecule has 2 aromatic carbocycles. The lowest BCUT2D eigenvalue weighted by Gasteiger charge is -2.43. The molecular formula is C26H27Cl2N3O2. The lowest BCUT2D eigenvalue weighted by atomic mass is 9.71. The second kappa shape index (κ2) is 11.0. The van der Waals surface area contributed by atoms with Gasteiger partial charge in [0, 0.05) is 31.1 Å². The number of para-hydroxylation sites is 1. The van der Waals surface area contributed by atoms with Crippen molar-refractivity contribution in [3.05, 3.63) is 88.5 Å². The van der Waals surface area contributed by atoms with E-state index in [1.807, 2.05) is 66.7 Å². The van der Waals surface area contributed by atoms with Crippen LogP contribution in [0.4, 0.5) is 5.82 Å². The van der Waals surface area contributed by atoms with Gasteiger partial charge in [0.1, 0.15) is 18.2 Å². The van der Waals surface area contributed by atoms with Gasteiger partial charge >= 0.3 is 0 Å². The highest BCUT2D eigenvalue weighted by Crippen LogP contribution is 2.40. The van der Waals surface area contributed by atoms with Gasteiger partial charge in [-0.05, 0) is 61.3 Å². The van der Waals surface area contributed by atoms with Gasteiger partial charge in [-0.1, -0.05) is 53.5 Å². The maximum absolute atomic E-state index is 12.8. The molecule has 1 saturated heterocycles. The molecule has 0 unspecified atom stereocenters. The minimum absolute atomic E-state index is 0.0913. The maximum atomic E-state index is 12.8. The van der Waals surface area contributed by atoms with E-state index in [2.05, 4.69) is 10.3 Å². The Morgan fingerprint density at radius 1 is 1.00 bits per heavy atom. The summed E-state index contributed by atoms with van der Waals surface area (Å²) < 4.78 is 5.77. The number of nitrogens with zero attached hydrogens (tertiary/aromatic N) is 2. The van der Waals surface area contributed by atoms with Gasteiger partial charge in [0.15, 0.2) is 0 Å². The van der Waals surface area contributed by atoms with Crippen LogP contribution in [0.15, 0.2) is 72.9 Å². The fourth-order valence-corrected chi connectivity index (χ4v) is 4.59. The van der Waals surface area contributed by atoms with Crippen LogP contribution in [0, 0.1) is 0 Å². The maximum Gasteiger partial charge on any atom is 0.228 e. The van der Waals surface area contributed by atoms with Crippen molar-refractivity contribution in [3.8, 4) is 5.75 Å². The Kier molecular flexibility index (Phi) is 7.86. The molecule has 1 amide bonds. The first-order valence-electron chi connectivity index (χ1n) is 11.1. The van der Waals surface area contributed by atoms with Crippen LogP contribution in [-0.2, 0) is 10.2 Å². The van der Waals surface area contributed by atoms with Crippen molar-refractivity contribution in [2.24, 2.45) is 0 Å². The number of ether oxygens (including phenoxy) is 1. The third kappa shape index (κ3) is 5.85. The molecule has 1 atom stereocenters. The number of aromatic nitrogens is 1. The van der Waals surface area contributed by atoms with E-state index in [1.165, 1.54) is 0 Å². The number of rotatable bonds is 9. The molecule has 1 aliphatic heterocycles. The number of carbonyl (C=O) groups is 1. The van der Waals surface area contributed by atoms with Crippen LogP contribution >= 0.6 is 23.2 Å². The van der Waals surface area contributed by atoms with E-state index in [0.29, 0.717) is 35.4 Å². The summed E-state index contributed by atoms with van der Waals surface area (Å²) in [6.07, 6.45) is 3.75. The first-order valence-corrected chi connectivity index (χ1v) is 11.9. The number of carbonyl (C=O) groups excluding carboxylic acids is 1. The number of pyridine rings is 1. The Morgan fingerprint density at radius 3 is 2.58 bits per heavy atom. The van der Waals surface area contributed by atoms with Gasteiger partial charge in [0.2, 0.25) is 5.91 Å². The Labute approximate surface area is 204 Å². The van der Waals surface area contributed by atoms with Crippen molar-refractivity contribution < 1.29 is 9.53 Å². The highest BCUT2D eigenvalue weighted by molar-refractivity contribution is 6.42. The molecular weight excluding hydrogens is 457 g/mol. The topological polar surface area (TPSA) is 54.5 Å². The first-order chi connectivity index (χ1) is 16.1. The molecule has 172 valence electrons. The molecule has 0 saturated carbocycles. The zero-order valence-electron chi connectivity index (χ0n) is 18.3. The average Bonchev–Trinajstić information content (AvgIpc) is 2.85. The smallest absolute Gasteiger partial charge is 0.228 e. The van der Waals surface area contributed by atoms with Crippen molar-refractivity contribution in [2.45, 2.75) is 24.7 Å². The number of piperidine rings is 1. The lowest BCUT2D eigenvalue weighted by molar-refractivity contribution is -0.120. The standard InChI is InChI=1S/C26H27Cl2N3O2/c27-22-10-9-20(18-23(22)28)26(13-15-29-16-17-33-21-6-2-1-3-7-21)12-11-25(32)31(19-26)24-8-4-5-14-30-24/h1-10,14,18,29H,11-13,15-17,19H2/t26-/m0/s1. The highest BCUT2D eigenvalue weighted by Gasteiger charge is 2.41. The van der Waals surface area contributed by atoms with Crippen LogP contribution in [0.1, 0.15) is 24.8 Å². The molecule has 1 aliphatic rings. The summed E-state index contributed by atoms with van der Waals surface area (Å²) in [5, 5.41) is 4.54. The number of benzene rings is 2. The summed E-state index contributed by atoms with van der Waals surface area (Å²) in [7, 11) is 0. The van der Waals surface area contributed by atoms with E-state index in [0.717, 1.165) is 37.2 Å². The first kappa shape index (κ1) is 23.6. The molecule has 0 radical (unpaired) electrons. The highest BCUT2D eigenvalue weighted by atomic mass is 35.5. The predicted molar refractivity (Wildman–Crippen MR) is 133 cm³/mol. The summed E-state index contributed by atoms with van der Waals surface area (Å²) in [5.41, 5.74) is 0.833. The lowest BCUT2D eigenvalue weighted by Crippen LogP contribution is -2.50. The van der Waals surface area contributed by atoms with E-state index in [9.17, 15) is 4.79 Å². The number of hydrogen-bond donors (Lipinski definition) is 1. The van der Waals surface area contributed by atoms with Gasteiger partial charge in [-0.3, -0.25) is 9.69 Å². The number of hydrogen-bond acceptors (Lipinski definition) is 4. The van der Waals surface area contributed by atoms with E-state index in [1.54, 1.807) is 11.1 Å². The zero-order chi connectivity index (χ0) is 23.1.